The zero-order chi connectivity index (χ0) is 12.4. The Morgan fingerprint density at radius 2 is 2.24 bits per heavy atom. The summed E-state index contributed by atoms with van der Waals surface area (Å²) in [6.45, 7) is 7.83. The molecule has 0 saturated carbocycles. The molecule has 4 heteroatoms. The van der Waals surface area contributed by atoms with Crippen LogP contribution in [0.15, 0.2) is 12.4 Å². The van der Waals surface area contributed by atoms with Gasteiger partial charge in [-0.25, -0.2) is 4.98 Å². The maximum Gasteiger partial charge on any atom is 0.203 e. The molecule has 2 atom stereocenters. The summed E-state index contributed by atoms with van der Waals surface area (Å²) in [7, 11) is 2.20. The number of nitrogens with zero attached hydrogens (tertiary/aromatic N) is 3. The summed E-state index contributed by atoms with van der Waals surface area (Å²) in [6.07, 6.45) is 6.32. The SMILES string of the molecule is CC1CC(Nc2nccn2C(C)C)CCN1C. The van der Waals surface area contributed by atoms with Crippen LogP contribution in [0.5, 0.6) is 0 Å². The summed E-state index contributed by atoms with van der Waals surface area (Å²) in [4.78, 5) is 6.84. The molecule has 1 aromatic rings. The van der Waals surface area contributed by atoms with Crippen molar-refractivity contribution in [1.29, 1.82) is 0 Å². The first-order valence-corrected chi connectivity index (χ1v) is 6.57. The zero-order valence-electron chi connectivity index (χ0n) is 11.3. The van der Waals surface area contributed by atoms with E-state index in [0.717, 1.165) is 5.95 Å². The highest BCUT2D eigenvalue weighted by Crippen LogP contribution is 2.20. The van der Waals surface area contributed by atoms with Gasteiger partial charge in [-0.1, -0.05) is 0 Å². The third-order valence-corrected chi connectivity index (χ3v) is 3.77. The van der Waals surface area contributed by atoms with Gasteiger partial charge in [0.15, 0.2) is 0 Å². The van der Waals surface area contributed by atoms with Crippen molar-refractivity contribution in [3.05, 3.63) is 12.4 Å². The molecule has 0 spiro atoms. The molecule has 1 aliphatic rings. The van der Waals surface area contributed by atoms with E-state index < -0.39 is 0 Å². The lowest BCUT2D eigenvalue weighted by molar-refractivity contribution is 0.189. The largest absolute Gasteiger partial charge is 0.353 e. The van der Waals surface area contributed by atoms with Crippen LogP contribution in [-0.2, 0) is 0 Å². The smallest absolute Gasteiger partial charge is 0.203 e. The standard InChI is InChI=1S/C13H24N4/c1-10(2)17-8-6-14-13(17)15-12-5-7-16(4)11(3)9-12/h6,8,10-12H,5,7,9H2,1-4H3,(H,14,15). The Labute approximate surface area is 104 Å². The average Bonchev–Trinajstić information content (AvgIpc) is 2.72. The highest BCUT2D eigenvalue weighted by Gasteiger charge is 2.23. The van der Waals surface area contributed by atoms with E-state index in [-0.39, 0.29) is 0 Å². The number of aromatic nitrogens is 2. The quantitative estimate of drug-likeness (QED) is 0.874. The molecule has 0 aromatic carbocycles. The van der Waals surface area contributed by atoms with Crippen molar-refractivity contribution in [3.8, 4) is 0 Å². The van der Waals surface area contributed by atoms with E-state index in [1.165, 1.54) is 19.4 Å². The molecule has 1 fully saturated rings. The van der Waals surface area contributed by atoms with Gasteiger partial charge in [0.25, 0.3) is 0 Å². The van der Waals surface area contributed by atoms with Crippen LogP contribution >= 0.6 is 0 Å². The minimum Gasteiger partial charge on any atom is -0.353 e. The van der Waals surface area contributed by atoms with Gasteiger partial charge >= 0.3 is 0 Å². The van der Waals surface area contributed by atoms with Gasteiger partial charge in [-0.2, -0.15) is 0 Å². The van der Waals surface area contributed by atoms with E-state index in [1.54, 1.807) is 0 Å². The molecule has 96 valence electrons. The molecule has 0 amide bonds. The van der Waals surface area contributed by atoms with Crippen molar-refractivity contribution in [2.75, 3.05) is 18.9 Å². The predicted molar refractivity (Wildman–Crippen MR) is 71.3 cm³/mol. The first-order valence-electron chi connectivity index (χ1n) is 6.57. The number of hydrogen-bond donors (Lipinski definition) is 1. The predicted octanol–water partition coefficient (Wildman–Crippen LogP) is 2.36. The van der Waals surface area contributed by atoms with E-state index in [2.05, 4.69) is 47.6 Å². The van der Waals surface area contributed by atoms with Gasteiger partial charge in [0.1, 0.15) is 0 Å². The summed E-state index contributed by atoms with van der Waals surface area (Å²) in [5.74, 6) is 1.02. The molecule has 1 saturated heterocycles. The Balaban J connectivity index is 1.99. The average molecular weight is 236 g/mol. The minimum atomic E-state index is 0.462. The topological polar surface area (TPSA) is 33.1 Å². The molecule has 17 heavy (non-hydrogen) atoms. The first kappa shape index (κ1) is 12.4. The summed E-state index contributed by atoms with van der Waals surface area (Å²) in [6, 6.07) is 1.67. The third kappa shape index (κ3) is 2.80. The number of piperidine rings is 1. The van der Waals surface area contributed by atoms with Crippen LogP contribution in [0, 0.1) is 0 Å². The van der Waals surface area contributed by atoms with Gasteiger partial charge in [-0.3, -0.25) is 0 Å². The van der Waals surface area contributed by atoms with Crippen LogP contribution < -0.4 is 5.32 Å². The number of hydrogen-bond acceptors (Lipinski definition) is 3. The van der Waals surface area contributed by atoms with Gasteiger partial charge in [-0.15, -0.1) is 0 Å². The fourth-order valence-electron chi connectivity index (χ4n) is 2.44. The Morgan fingerprint density at radius 1 is 1.47 bits per heavy atom. The normalized spacial score (nSPS) is 26.4. The first-order chi connectivity index (χ1) is 8.08. The van der Waals surface area contributed by atoms with Crippen molar-refractivity contribution in [3.63, 3.8) is 0 Å². The second-order valence-corrected chi connectivity index (χ2v) is 5.45. The molecule has 4 nitrogen and oxygen atoms in total. The van der Waals surface area contributed by atoms with Crippen LogP contribution in [0.4, 0.5) is 5.95 Å². The van der Waals surface area contributed by atoms with Gasteiger partial charge in [-0.05, 0) is 40.7 Å². The lowest BCUT2D eigenvalue weighted by Gasteiger charge is -2.35. The number of likely N-dealkylation sites (tertiary alicyclic amines) is 1. The van der Waals surface area contributed by atoms with Crippen molar-refractivity contribution in [1.82, 2.24) is 14.5 Å². The molecule has 1 aromatic heterocycles. The van der Waals surface area contributed by atoms with Gasteiger partial charge in [0.05, 0.1) is 0 Å². The van der Waals surface area contributed by atoms with Crippen LogP contribution in [0.1, 0.15) is 39.7 Å². The molecule has 0 bridgehead atoms. The fraction of sp³-hybridized carbons (Fsp3) is 0.769. The van der Waals surface area contributed by atoms with Gasteiger partial charge in [0.2, 0.25) is 5.95 Å². The number of rotatable bonds is 3. The van der Waals surface area contributed by atoms with Crippen molar-refractivity contribution < 1.29 is 0 Å². The molecule has 2 rings (SSSR count). The fourth-order valence-corrected chi connectivity index (χ4v) is 2.44. The monoisotopic (exact) mass is 236 g/mol. The Hall–Kier alpha value is -1.03. The van der Waals surface area contributed by atoms with Gasteiger partial charge in [0, 0.05) is 37.1 Å². The molecule has 0 aliphatic carbocycles. The van der Waals surface area contributed by atoms with E-state index in [1.807, 2.05) is 12.4 Å². The Bertz CT molecular complexity index is 358. The lowest BCUT2D eigenvalue weighted by atomic mass is 9.99. The summed E-state index contributed by atoms with van der Waals surface area (Å²) < 4.78 is 2.20. The van der Waals surface area contributed by atoms with Crippen molar-refractivity contribution >= 4 is 5.95 Å². The maximum atomic E-state index is 4.41. The molecule has 1 N–H and O–H groups in total. The zero-order valence-corrected chi connectivity index (χ0v) is 11.3. The van der Waals surface area contributed by atoms with Crippen LogP contribution in [0.3, 0.4) is 0 Å². The summed E-state index contributed by atoms with van der Waals surface area (Å²) in [5, 5.41) is 3.59. The van der Waals surface area contributed by atoms with Gasteiger partial charge < -0.3 is 14.8 Å². The van der Waals surface area contributed by atoms with Crippen LogP contribution in [0.25, 0.3) is 0 Å². The Morgan fingerprint density at radius 3 is 2.88 bits per heavy atom. The molecule has 0 radical (unpaired) electrons. The second kappa shape index (κ2) is 5.08. The second-order valence-electron chi connectivity index (χ2n) is 5.45. The van der Waals surface area contributed by atoms with E-state index >= 15 is 0 Å². The minimum absolute atomic E-state index is 0.462. The number of anilines is 1. The van der Waals surface area contributed by atoms with Crippen LogP contribution in [-0.4, -0.2) is 40.1 Å². The molecule has 1 aliphatic heterocycles. The van der Waals surface area contributed by atoms with Crippen molar-refractivity contribution in [2.45, 2.75) is 51.7 Å². The number of imidazole rings is 1. The molecule has 2 heterocycles. The van der Waals surface area contributed by atoms with Crippen LogP contribution in [0.2, 0.25) is 0 Å². The molecular weight excluding hydrogens is 212 g/mol. The van der Waals surface area contributed by atoms with E-state index in [9.17, 15) is 0 Å². The number of nitrogens with one attached hydrogen (secondary N) is 1. The van der Waals surface area contributed by atoms with E-state index in [0.29, 0.717) is 18.1 Å². The van der Waals surface area contributed by atoms with Crippen molar-refractivity contribution in [2.24, 2.45) is 0 Å². The molecule has 2 unspecified atom stereocenters. The highest BCUT2D eigenvalue weighted by atomic mass is 15.2. The van der Waals surface area contributed by atoms with E-state index in [4.69, 9.17) is 0 Å². The Kier molecular flexibility index (Phi) is 3.72. The summed E-state index contributed by atoms with van der Waals surface area (Å²) in [5.41, 5.74) is 0. The maximum absolute atomic E-state index is 4.41. The lowest BCUT2D eigenvalue weighted by Crippen LogP contribution is -2.43. The third-order valence-electron chi connectivity index (χ3n) is 3.77. The summed E-state index contributed by atoms with van der Waals surface area (Å²) >= 11 is 0. The molecular formula is C13H24N4. The highest BCUT2D eigenvalue weighted by molar-refractivity contribution is 5.28.